The van der Waals surface area contributed by atoms with Crippen molar-refractivity contribution in [2.45, 2.75) is 11.5 Å². The van der Waals surface area contributed by atoms with Gasteiger partial charge < -0.3 is 4.42 Å². The molecule has 0 unspecified atom stereocenters. The van der Waals surface area contributed by atoms with Gasteiger partial charge in [-0.1, -0.05) is 11.8 Å². The molecule has 1 aliphatic heterocycles. The molecule has 0 aromatic carbocycles. The van der Waals surface area contributed by atoms with Crippen LogP contribution in [0.5, 0.6) is 0 Å². The summed E-state index contributed by atoms with van der Waals surface area (Å²) in [4.78, 5) is 0. The van der Waals surface area contributed by atoms with Gasteiger partial charge in [0, 0.05) is 11.3 Å². The van der Waals surface area contributed by atoms with Crippen LogP contribution in [0.3, 0.4) is 0 Å². The SMILES string of the molecule is c1cc2c(o1)SCC2. The van der Waals surface area contributed by atoms with Crippen LogP contribution < -0.4 is 0 Å². The molecule has 0 saturated heterocycles. The highest BCUT2D eigenvalue weighted by Crippen LogP contribution is 2.31. The first-order valence-corrected chi connectivity index (χ1v) is 3.64. The third-order valence-electron chi connectivity index (χ3n) is 1.31. The lowest BCUT2D eigenvalue weighted by Crippen LogP contribution is -1.72. The zero-order valence-corrected chi connectivity index (χ0v) is 5.20. The third-order valence-corrected chi connectivity index (χ3v) is 2.34. The number of furan rings is 1. The first-order chi connectivity index (χ1) is 3.97. The average Bonchev–Trinajstić information content (AvgIpc) is 2.15. The number of thioether (sulfide) groups is 1. The van der Waals surface area contributed by atoms with Crippen molar-refractivity contribution in [2.24, 2.45) is 0 Å². The molecule has 0 saturated carbocycles. The molecule has 1 aromatic heterocycles. The topological polar surface area (TPSA) is 13.1 Å². The molecule has 2 rings (SSSR count). The predicted molar refractivity (Wildman–Crippen MR) is 33.1 cm³/mol. The van der Waals surface area contributed by atoms with E-state index in [-0.39, 0.29) is 0 Å². The van der Waals surface area contributed by atoms with Gasteiger partial charge in [0.25, 0.3) is 0 Å². The lowest BCUT2D eigenvalue weighted by atomic mass is 10.3. The molecule has 2 heterocycles. The van der Waals surface area contributed by atoms with E-state index in [2.05, 4.69) is 6.07 Å². The van der Waals surface area contributed by atoms with E-state index in [0.717, 1.165) is 5.09 Å². The summed E-state index contributed by atoms with van der Waals surface area (Å²) >= 11 is 1.81. The van der Waals surface area contributed by atoms with E-state index in [1.165, 1.54) is 17.7 Å². The predicted octanol–water partition coefficient (Wildman–Crippen LogP) is 1.93. The molecule has 42 valence electrons. The van der Waals surface area contributed by atoms with Crippen LogP contribution in [0.2, 0.25) is 0 Å². The number of fused-ring (bicyclic) bond motifs is 1. The average molecular weight is 126 g/mol. The molecule has 2 heteroatoms. The Bertz CT molecular complexity index is 174. The summed E-state index contributed by atoms with van der Waals surface area (Å²) in [6.45, 7) is 0. The van der Waals surface area contributed by atoms with Crippen molar-refractivity contribution < 1.29 is 4.42 Å². The molecule has 1 aromatic rings. The Morgan fingerprint density at radius 2 is 2.62 bits per heavy atom. The second kappa shape index (κ2) is 1.55. The first kappa shape index (κ1) is 4.50. The fraction of sp³-hybridized carbons (Fsp3) is 0.333. The molecule has 0 amide bonds. The van der Waals surface area contributed by atoms with E-state index in [0.29, 0.717) is 0 Å². The van der Waals surface area contributed by atoms with Crippen molar-refractivity contribution in [3.05, 3.63) is 17.9 Å². The smallest absolute Gasteiger partial charge is 0.163 e. The monoisotopic (exact) mass is 126 g/mol. The Morgan fingerprint density at radius 3 is 3.50 bits per heavy atom. The van der Waals surface area contributed by atoms with Crippen LogP contribution in [0, 0.1) is 0 Å². The van der Waals surface area contributed by atoms with Crippen LogP contribution in [0.4, 0.5) is 0 Å². The van der Waals surface area contributed by atoms with Crippen LogP contribution in [0.25, 0.3) is 0 Å². The Labute approximate surface area is 52.1 Å². The fourth-order valence-electron chi connectivity index (χ4n) is 0.887. The van der Waals surface area contributed by atoms with Crippen molar-refractivity contribution in [3.63, 3.8) is 0 Å². The first-order valence-electron chi connectivity index (χ1n) is 2.66. The minimum Gasteiger partial charge on any atom is -0.458 e. The Morgan fingerprint density at radius 1 is 1.62 bits per heavy atom. The number of hydrogen-bond acceptors (Lipinski definition) is 2. The molecule has 1 nitrogen and oxygen atoms in total. The summed E-state index contributed by atoms with van der Waals surface area (Å²) in [6, 6.07) is 2.05. The van der Waals surface area contributed by atoms with Gasteiger partial charge in [-0.25, -0.2) is 0 Å². The van der Waals surface area contributed by atoms with Gasteiger partial charge in [0.1, 0.15) is 0 Å². The maximum absolute atomic E-state index is 5.14. The highest BCUT2D eigenvalue weighted by molar-refractivity contribution is 7.99. The molecule has 0 fully saturated rings. The van der Waals surface area contributed by atoms with E-state index in [9.17, 15) is 0 Å². The molecule has 0 radical (unpaired) electrons. The van der Waals surface area contributed by atoms with Gasteiger partial charge in [0.15, 0.2) is 5.09 Å². The molecule has 8 heavy (non-hydrogen) atoms. The van der Waals surface area contributed by atoms with Crippen LogP contribution in [0.15, 0.2) is 21.8 Å². The van der Waals surface area contributed by atoms with Crippen LogP contribution in [0.1, 0.15) is 5.56 Å². The van der Waals surface area contributed by atoms with E-state index in [1.807, 2.05) is 11.8 Å². The number of aryl methyl sites for hydroxylation is 1. The van der Waals surface area contributed by atoms with Gasteiger partial charge in [-0.15, -0.1) is 0 Å². The van der Waals surface area contributed by atoms with Crippen LogP contribution >= 0.6 is 11.8 Å². The summed E-state index contributed by atoms with van der Waals surface area (Å²) in [5.41, 5.74) is 1.38. The molecule has 0 bridgehead atoms. The minimum atomic E-state index is 1.13. The second-order valence-electron chi connectivity index (χ2n) is 1.83. The zero-order chi connectivity index (χ0) is 5.40. The van der Waals surface area contributed by atoms with Crippen molar-refractivity contribution in [2.75, 3.05) is 5.75 Å². The molecule has 0 aliphatic carbocycles. The fourth-order valence-corrected chi connectivity index (χ4v) is 1.87. The van der Waals surface area contributed by atoms with Gasteiger partial charge in [0.2, 0.25) is 0 Å². The molecule has 0 atom stereocenters. The van der Waals surface area contributed by atoms with E-state index in [4.69, 9.17) is 4.42 Å². The van der Waals surface area contributed by atoms with Gasteiger partial charge in [-0.3, -0.25) is 0 Å². The van der Waals surface area contributed by atoms with Gasteiger partial charge in [-0.05, 0) is 12.5 Å². The maximum Gasteiger partial charge on any atom is 0.163 e. The summed E-state index contributed by atoms with van der Waals surface area (Å²) in [7, 11) is 0. The number of hydrogen-bond donors (Lipinski definition) is 0. The van der Waals surface area contributed by atoms with E-state index < -0.39 is 0 Å². The molecular weight excluding hydrogens is 120 g/mol. The summed E-state index contributed by atoms with van der Waals surface area (Å²) < 4.78 is 5.14. The lowest BCUT2D eigenvalue weighted by molar-refractivity contribution is 0.473. The maximum atomic E-state index is 5.14. The highest BCUT2D eigenvalue weighted by atomic mass is 32.2. The molecule has 0 N–H and O–H groups in total. The highest BCUT2D eigenvalue weighted by Gasteiger charge is 2.12. The normalized spacial score (nSPS) is 16.5. The van der Waals surface area contributed by atoms with Crippen LogP contribution in [-0.2, 0) is 6.42 Å². The molecular formula is C6H6OS. The second-order valence-corrected chi connectivity index (χ2v) is 2.90. The Kier molecular flexibility index (Phi) is 0.875. The van der Waals surface area contributed by atoms with E-state index >= 15 is 0 Å². The standard InChI is InChI=1S/C6H6OS/c1-3-7-6-5(1)2-4-8-6/h1,3H,2,4H2. The largest absolute Gasteiger partial charge is 0.458 e. The van der Waals surface area contributed by atoms with Crippen molar-refractivity contribution in [1.82, 2.24) is 0 Å². The Balaban J connectivity index is 2.54. The van der Waals surface area contributed by atoms with E-state index in [1.54, 1.807) is 6.26 Å². The quantitative estimate of drug-likeness (QED) is 0.527. The zero-order valence-electron chi connectivity index (χ0n) is 4.39. The summed E-state index contributed by atoms with van der Waals surface area (Å²) in [5, 5.41) is 1.13. The summed E-state index contributed by atoms with van der Waals surface area (Å²) in [6.07, 6.45) is 2.95. The van der Waals surface area contributed by atoms with Crippen LogP contribution in [-0.4, -0.2) is 5.75 Å². The molecule has 0 spiro atoms. The minimum absolute atomic E-state index is 1.13. The van der Waals surface area contributed by atoms with Gasteiger partial charge in [0.05, 0.1) is 6.26 Å². The molecule has 1 aliphatic rings. The van der Waals surface area contributed by atoms with Gasteiger partial charge in [-0.2, -0.15) is 0 Å². The van der Waals surface area contributed by atoms with Gasteiger partial charge >= 0.3 is 0 Å². The lowest BCUT2D eigenvalue weighted by Gasteiger charge is -1.78. The Hall–Kier alpha value is -0.370. The number of rotatable bonds is 0. The van der Waals surface area contributed by atoms with Crippen molar-refractivity contribution in [3.8, 4) is 0 Å². The summed E-state index contributed by atoms with van der Waals surface area (Å²) in [5.74, 6) is 1.20. The third kappa shape index (κ3) is 0.494. The van der Waals surface area contributed by atoms with Crippen molar-refractivity contribution in [1.29, 1.82) is 0 Å². The van der Waals surface area contributed by atoms with Crippen molar-refractivity contribution >= 4 is 11.8 Å².